The summed E-state index contributed by atoms with van der Waals surface area (Å²) in [5, 5.41) is 0. The Morgan fingerprint density at radius 1 is 1.28 bits per heavy atom. The summed E-state index contributed by atoms with van der Waals surface area (Å²) in [6, 6.07) is -0.0901. The van der Waals surface area contributed by atoms with E-state index in [1.165, 1.54) is 17.2 Å². The second-order valence-electron chi connectivity index (χ2n) is 9.26. The molecular weight excluding hydrogens is 398 g/mol. The Balaban J connectivity index is 1.81. The Labute approximate surface area is 194 Å². The minimum absolute atomic E-state index is 0.0765. The van der Waals surface area contributed by atoms with Crippen LogP contribution in [0.3, 0.4) is 0 Å². The van der Waals surface area contributed by atoms with Crippen LogP contribution in [0.2, 0.25) is 0 Å². The quantitative estimate of drug-likeness (QED) is 0.273. The molecule has 2 aliphatic rings. The third-order valence-corrected chi connectivity index (χ3v) is 5.98. The second-order valence-corrected chi connectivity index (χ2v) is 9.26. The summed E-state index contributed by atoms with van der Waals surface area (Å²) in [7, 11) is 0. The van der Waals surface area contributed by atoms with Gasteiger partial charge in [-0.1, -0.05) is 73.6 Å². The molecule has 32 heavy (non-hydrogen) atoms. The third-order valence-electron chi connectivity index (χ3n) is 5.98. The van der Waals surface area contributed by atoms with Crippen LogP contribution in [0.1, 0.15) is 60.3 Å². The highest BCUT2D eigenvalue weighted by Gasteiger charge is 2.29. The first kappa shape index (κ1) is 26.1. The smallest absolute Gasteiger partial charge is 0.331 e. The lowest BCUT2D eigenvalue weighted by Gasteiger charge is -2.35. The highest BCUT2D eigenvalue weighted by Crippen LogP contribution is 2.27. The zero-order valence-electron chi connectivity index (χ0n) is 20.4. The van der Waals surface area contributed by atoms with Gasteiger partial charge in [0.2, 0.25) is 0 Å². The van der Waals surface area contributed by atoms with Crippen LogP contribution in [-0.4, -0.2) is 30.3 Å². The maximum Gasteiger partial charge on any atom is 0.331 e. The molecule has 0 aliphatic carbocycles. The first-order valence-electron chi connectivity index (χ1n) is 11.9. The van der Waals surface area contributed by atoms with Crippen molar-refractivity contribution in [1.29, 1.82) is 0 Å². The highest BCUT2D eigenvalue weighted by atomic mass is 16.5. The van der Waals surface area contributed by atoms with Crippen molar-refractivity contribution in [1.82, 2.24) is 0 Å². The van der Waals surface area contributed by atoms with E-state index in [2.05, 4.69) is 64.2 Å². The average molecular weight is 440 g/mol. The van der Waals surface area contributed by atoms with E-state index in [1.807, 2.05) is 25.2 Å². The van der Waals surface area contributed by atoms with E-state index >= 15 is 0 Å². The molecule has 6 atom stereocenters. The first-order chi connectivity index (χ1) is 15.3. The minimum atomic E-state index is -0.267. The van der Waals surface area contributed by atoms with E-state index in [-0.39, 0.29) is 30.3 Å². The van der Waals surface area contributed by atoms with Crippen LogP contribution in [0.15, 0.2) is 71.9 Å². The van der Waals surface area contributed by atoms with E-state index in [0.717, 1.165) is 25.7 Å². The van der Waals surface area contributed by atoms with Crippen LogP contribution >= 0.6 is 0 Å². The second kappa shape index (κ2) is 13.4. The number of carbonyl (C=O) groups is 1. The monoisotopic (exact) mass is 439 g/mol. The summed E-state index contributed by atoms with van der Waals surface area (Å²) < 4.78 is 11.5. The number of allylic oxidation sites excluding steroid dienone is 7. The lowest BCUT2D eigenvalue weighted by atomic mass is 9.90. The molecule has 1 saturated heterocycles. The topological polar surface area (TPSA) is 61.5 Å². The molecule has 0 aromatic heterocycles. The van der Waals surface area contributed by atoms with Gasteiger partial charge in [-0.15, -0.1) is 0 Å². The highest BCUT2D eigenvalue weighted by molar-refractivity contribution is 5.82. The van der Waals surface area contributed by atoms with Crippen LogP contribution in [-0.2, 0) is 14.3 Å². The summed E-state index contributed by atoms with van der Waals surface area (Å²) in [6.07, 6.45) is 24.0. The number of cyclic esters (lactones) is 1. The lowest BCUT2D eigenvalue weighted by Crippen LogP contribution is -2.42. The van der Waals surface area contributed by atoms with Crippen molar-refractivity contribution in [3.05, 3.63) is 71.9 Å². The van der Waals surface area contributed by atoms with Gasteiger partial charge in [-0.25, -0.2) is 4.79 Å². The zero-order chi connectivity index (χ0) is 23.5. The number of hydrogen-bond donors (Lipinski definition) is 1. The minimum Gasteiger partial charge on any atom is -0.455 e. The molecule has 6 unspecified atom stereocenters. The SMILES string of the molecule is C/C=C/C1OC(C(N)/C=C/C=C(\C)CC(C)/C=C(C)\C=C\C2CC=CC(=O)O2)CCC1C. The van der Waals surface area contributed by atoms with E-state index in [4.69, 9.17) is 15.2 Å². The molecule has 2 aliphatic heterocycles. The third kappa shape index (κ3) is 9.13. The van der Waals surface area contributed by atoms with Crippen molar-refractivity contribution >= 4 is 5.97 Å². The van der Waals surface area contributed by atoms with E-state index < -0.39 is 0 Å². The van der Waals surface area contributed by atoms with Crippen molar-refractivity contribution in [2.45, 2.75) is 84.7 Å². The van der Waals surface area contributed by atoms with Crippen LogP contribution in [0.5, 0.6) is 0 Å². The standard InChI is InChI=1S/C28H41NO3/c1-6-9-26-23(5)15-17-27(32-26)25(29)12-7-10-20(2)18-22(4)19-21(3)14-16-24-11-8-13-28(30)31-24/h6-10,12-14,16,19,22-27H,11,15,17-18,29H2,1-5H3/b9-6+,12-7+,16-14+,20-10+,21-19-. The number of nitrogens with two attached hydrogens (primary N) is 1. The van der Waals surface area contributed by atoms with E-state index in [0.29, 0.717) is 11.8 Å². The molecule has 2 heterocycles. The molecule has 0 saturated carbocycles. The Morgan fingerprint density at radius 3 is 2.78 bits per heavy atom. The number of carbonyl (C=O) groups excluding carboxylic acids is 1. The largest absolute Gasteiger partial charge is 0.455 e. The molecule has 0 bridgehead atoms. The van der Waals surface area contributed by atoms with Crippen LogP contribution in [0.4, 0.5) is 0 Å². The number of esters is 1. The fourth-order valence-electron chi connectivity index (χ4n) is 4.23. The van der Waals surface area contributed by atoms with Gasteiger partial charge in [-0.3, -0.25) is 0 Å². The Kier molecular flexibility index (Phi) is 10.9. The summed E-state index contributed by atoms with van der Waals surface area (Å²) >= 11 is 0. The first-order valence-corrected chi connectivity index (χ1v) is 11.9. The Bertz CT molecular complexity index is 786. The molecule has 176 valence electrons. The van der Waals surface area contributed by atoms with Gasteiger partial charge in [-0.2, -0.15) is 0 Å². The maximum atomic E-state index is 11.3. The van der Waals surface area contributed by atoms with Crippen LogP contribution in [0.25, 0.3) is 0 Å². The summed E-state index contributed by atoms with van der Waals surface area (Å²) in [6.45, 7) is 10.7. The Morgan fingerprint density at radius 2 is 2.06 bits per heavy atom. The van der Waals surface area contributed by atoms with Crippen molar-refractivity contribution < 1.29 is 14.3 Å². The molecule has 2 rings (SSSR count). The summed E-state index contributed by atoms with van der Waals surface area (Å²) in [4.78, 5) is 11.3. The average Bonchev–Trinajstić information content (AvgIpc) is 2.73. The predicted octanol–water partition coefficient (Wildman–Crippen LogP) is 5.98. The van der Waals surface area contributed by atoms with E-state index in [1.54, 1.807) is 0 Å². The number of ether oxygens (including phenoxy) is 2. The van der Waals surface area contributed by atoms with Crippen LogP contribution < -0.4 is 5.73 Å². The molecule has 1 fully saturated rings. The molecule has 4 heteroatoms. The van der Waals surface area contributed by atoms with Gasteiger partial charge >= 0.3 is 5.97 Å². The fourth-order valence-corrected chi connectivity index (χ4v) is 4.23. The van der Waals surface area contributed by atoms with Crippen molar-refractivity contribution in [2.75, 3.05) is 0 Å². The van der Waals surface area contributed by atoms with Gasteiger partial charge in [0.1, 0.15) is 6.10 Å². The number of hydrogen-bond acceptors (Lipinski definition) is 4. The van der Waals surface area contributed by atoms with Gasteiger partial charge in [0.15, 0.2) is 0 Å². The molecular formula is C28H41NO3. The number of rotatable bonds is 9. The molecule has 4 nitrogen and oxygen atoms in total. The van der Waals surface area contributed by atoms with Gasteiger partial charge in [0.05, 0.1) is 12.2 Å². The van der Waals surface area contributed by atoms with Gasteiger partial charge in [0, 0.05) is 18.5 Å². The van der Waals surface area contributed by atoms with Crippen molar-refractivity contribution in [3.63, 3.8) is 0 Å². The van der Waals surface area contributed by atoms with Gasteiger partial charge < -0.3 is 15.2 Å². The maximum absolute atomic E-state index is 11.3. The van der Waals surface area contributed by atoms with Crippen LogP contribution in [0, 0.1) is 11.8 Å². The molecule has 0 amide bonds. The molecule has 0 aromatic rings. The predicted molar refractivity (Wildman–Crippen MR) is 133 cm³/mol. The van der Waals surface area contributed by atoms with Gasteiger partial charge in [0.25, 0.3) is 0 Å². The summed E-state index contributed by atoms with van der Waals surface area (Å²) in [5.74, 6) is 0.691. The molecule has 2 N–H and O–H groups in total. The Hall–Kier alpha value is -2.17. The molecule has 0 aromatic carbocycles. The zero-order valence-corrected chi connectivity index (χ0v) is 20.4. The fraction of sp³-hybridized carbons (Fsp3) is 0.536. The van der Waals surface area contributed by atoms with Gasteiger partial charge in [-0.05, 0) is 57.9 Å². The molecule has 0 radical (unpaired) electrons. The van der Waals surface area contributed by atoms with Crippen molar-refractivity contribution in [2.24, 2.45) is 17.6 Å². The lowest BCUT2D eigenvalue weighted by molar-refractivity contribution is -0.141. The summed E-state index contributed by atoms with van der Waals surface area (Å²) in [5.41, 5.74) is 8.88. The molecule has 0 spiro atoms. The normalized spacial score (nSPS) is 29.8. The van der Waals surface area contributed by atoms with E-state index in [9.17, 15) is 4.79 Å². The van der Waals surface area contributed by atoms with Crippen molar-refractivity contribution in [3.8, 4) is 0 Å².